The smallest absolute Gasteiger partial charge is 0.302 e. The molecule has 0 unspecified atom stereocenters. The Hall–Kier alpha value is -1.05. The van der Waals surface area contributed by atoms with E-state index in [1.807, 2.05) is 13.8 Å². The van der Waals surface area contributed by atoms with E-state index < -0.39 is 114 Å². The number of fused-ring (bicyclic) bond motifs is 5. The molecule has 0 spiro atoms. The monoisotopic (exact) mass is 828 g/mol. The van der Waals surface area contributed by atoms with Gasteiger partial charge in [0.2, 0.25) is 0 Å². The molecule has 0 radical (unpaired) electrons. The molecule has 334 valence electrons. The molecule has 3 saturated heterocycles. The summed E-state index contributed by atoms with van der Waals surface area (Å²) in [7, 11) is 0. The summed E-state index contributed by atoms with van der Waals surface area (Å²) in [6.45, 7) is 17.2. The lowest BCUT2D eigenvalue weighted by Gasteiger charge is -2.72. The highest BCUT2D eigenvalue weighted by atomic mass is 16.8. The fraction of sp³-hybridized carbons (Fsp3) is 0.977. The zero-order valence-corrected chi connectivity index (χ0v) is 35.8. The van der Waals surface area contributed by atoms with E-state index in [4.69, 9.17) is 28.4 Å². The van der Waals surface area contributed by atoms with Crippen LogP contribution in [0.1, 0.15) is 114 Å². The fourth-order valence-corrected chi connectivity index (χ4v) is 14.1. The summed E-state index contributed by atoms with van der Waals surface area (Å²) >= 11 is 0. The zero-order valence-electron chi connectivity index (χ0n) is 35.8. The summed E-state index contributed by atoms with van der Waals surface area (Å²) in [5, 5.41) is 89.4. The highest BCUT2D eigenvalue weighted by Crippen LogP contribution is 2.76. The van der Waals surface area contributed by atoms with Crippen LogP contribution in [0.4, 0.5) is 0 Å². The second kappa shape index (κ2) is 15.3. The number of aliphatic hydroxyl groups is 8. The third-order valence-corrected chi connectivity index (χ3v) is 17.3. The van der Waals surface area contributed by atoms with Crippen molar-refractivity contribution in [1.29, 1.82) is 0 Å². The maximum atomic E-state index is 12.4. The van der Waals surface area contributed by atoms with Crippen LogP contribution < -0.4 is 0 Å². The topological polar surface area (TPSA) is 234 Å². The Morgan fingerprint density at radius 3 is 2.12 bits per heavy atom. The van der Waals surface area contributed by atoms with E-state index >= 15 is 0 Å². The van der Waals surface area contributed by atoms with Crippen molar-refractivity contribution < 1.29 is 74.1 Å². The van der Waals surface area contributed by atoms with Gasteiger partial charge in [-0.1, -0.05) is 34.6 Å². The molecule has 7 aliphatic rings. The van der Waals surface area contributed by atoms with Crippen molar-refractivity contribution in [3.8, 4) is 0 Å². The first-order chi connectivity index (χ1) is 26.8. The van der Waals surface area contributed by atoms with Crippen LogP contribution in [0.15, 0.2) is 0 Å². The van der Waals surface area contributed by atoms with Gasteiger partial charge in [0.25, 0.3) is 0 Å². The van der Waals surface area contributed by atoms with Gasteiger partial charge in [-0.05, 0) is 117 Å². The first kappa shape index (κ1) is 45.0. The van der Waals surface area contributed by atoms with Crippen molar-refractivity contribution in [3.05, 3.63) is 0 Å². The Morgan fingerprint density at radius 2 is 1.48 bits per heavy atom. The Balaban J connectivity index is 1.26. The predicted octanol–water partition coefficient (Wildman–Crippen LogP) is 1.54. The van der Waals surface area contributed by atoms with E-state index in [9.17, 15) is 45.6 Å². The third kappa shape index (κ3) is 7.11. The van der Waals surface area contributed by atoms with Gasteiger partial charge >= 0.3 is 5.97 Å². The second-order valence-corrected chi connectivity index (χ2v) is 21.4. The molecule has 4 aliphatic carbocycles. The normalized spacial score (nSPS) is 54.3. The Bertz CT molecular complexity index is 1510. The molecule has 58 heavy (non-hydrogen) atoms. The third-order valence-electron chi connectivity index (χ3n) is 17.3. The molecule has 0 amide bonds. The van der Waals surface area contributed by atoms with Crippen molar-refractivity contribution in [2.45, 2.75) is 205 Å². The SMILES string of the molecule is CC(=O)OC[C@H]1O[C@H](O[C@H]2C[C@@]3(C)[C@@H](C[C@@H](O)[C@@H]4[C@@H]([C@]5(C)CC[C@H](C(C)(C)O)O5)CC[C@@]43C)[C@]3(C)CC[C@H](O)C(C)(C)[C@H]23)[C@@H](O[C@H]2OC[C@H](O)[C@@H](O)[C@@H]2O)[C@H](O)[C@@H]1O. The van der Waals surface area contributed by atoms with Crippen molar-refractivity contribution in [2.24, 2.45) is 45.3 Å². The van der Waals surface area contributed by atoms with Gasteiger partial charge < -0.3 is 69.3 Å². The summed E-state index contributed by atoms with van der Waals surface area (Å²) in [6.07, 6.45) is -10.3. The van der Waals surface area contributed by atoms with E-state index in [0.29, 0.717) is 25.7 Å². The standard InChI is InChI=1S/C43H72O15/c1-20(44)53-19-25-31(49)32(50)34(57-36-33(51)30(48)23(46)18-54-36)37(56-25)55-24-17-42(8)26(40(6)13-11-27(47)38(2,3)35(24)40)16-22(45)29-21(10-14-41(29,42)7)43(9)15-12-28(58-43)39(4,5)52/h21-37,45-52H,10-19H2,1-9H3/t21-,22+,23-,24-,25+,26-,27-,28+,29-,30+,31+,32+,33-,34-,35-,36+,37-,40-,41-,42-,43-/m0/s1. The largest absolute Gasteiger partial charge is 0.463 e. The number of esters is 1. The van der Waals surface area contributed by atoms with Gasteiger partial charge in [-0.25, -0.2) is 0 Å². The number of carbonyl (C=O) groups is 1. The molecule has 8 N–H and O–H groups in total. The van der Waals surface area contributed by atoms with Crippen molar-refractivity contribution in [2.75, 3.05) is 13.2 Å². The maximum Gasteiger partial charge on any atom is 0.302 e. The number of aliphatic hydroxyl groups excluding tert-OH is 7. The molecule has 0 aromatic rings. The van der Waals surface area contributed by atoms with Crippen LogP contribution in [0.5, 0.6) is 0 Å². The number of ether oxygens (including phenoxy) is 6. The Labute approximate surface area is 342 Å². The average Bonchev–Trinajstić information content (AvgIpc) is 3.73. The molecule has 21 atom stereocenters. The van der Waals surface area contributed by atoms with Gasteiger partial charge in [0.05, 0.1) is 42.2 Å². The summed E-state index contributed by atoms with van der Waals surface area (Å²) in [5.41, 5.74) is -3.47. The molecule has 7 rings (SSSR count). The maximum absolute atomic E-state index is 12.4. The molecule has 3 heterocycles. The van der Waals surface area contributed by atoms with E-state index in [-0.39, 0.29) is 41.8 Å². The molecule has 0 aromatic heterocycles. The van der Waals surface area contributed by atoms with Crippen LogP contribution in [0.2, 0.25) is 0 Å². The zero-order chi connectivity index (χ0) is 42.7. The molecule has 0 aromatic carbocycles. The second-order valence-electron chi connectivity index (χ2n) is 21.4. The van der Waals surface area contributed by atoms with Crippen LogP contribution in [0.25, 0.3) is 0 Å². The Morgan fingerprint density at radius 1 is 0.793 bits per heavy atom. The summed E-state index contributed by atoms with van der Waals surface area (Å²) in [6, 6.07) is 0. The van der Waals surface area contributed by atoms with Crippen molar-refractivity contribution >= 4 is 5.97 Å². The molecular weight excluding hydrogens is 756 g/mol. The van der Waals surface area contributed by atoms with E-state index in [0.717, 1.165) is 25.7 Å². The van der Waals surface area contributed by atoms with E-state index in [1.165, 1.54) is 6.92 Å². The van der Waals surface area contributed by atoms with Gasteiger partial charge in [-0.3, -0.25) is 4.79 Å². The van der Waals surface area contributed by atoms with Crippen LogP contribution in [0, 0.1) is 45.3 Å². The fourth-order valence-electron chi connectivity index (χ4n) is 14.1. The molecule has 15 nitrogen and oxygen atoms in total. The molecule has 15 heteroatoms. The summed E-state index contributed by atoms with van der Waals surface area (Å²) < 4.78 is 37.2. The first-order valence-corrected chi connectivity index (χ1v) is 21.7. The minimum absolute atomic E-state index is 0.0372. The van der Waals surface area contributed by atoms with Crippen LogP contribution in [-0.2, 0) is 33.2 Å². The quantitative estimate of drug-likeness (QED) is 0.128. The van der Waals surface area contributed by atoms with Crippen LogP contribution >= 0.6 is 0 Å². The highest BCUT2D eigenvalue weighted by molar-refractivity contribution is 5.65. The van der Waals surface area contributed by atoms with Gasteiger partial charge in [0, 0.05) is 6.92 Å². The number of carbonyl (C=O) groups excluding carboxylic acids is 1. The number of hydrogen-bond acceptors (Lipinski definition) is 15. The van der Waals surface area contributed by atoms with E-state index in [1.54, 1.807) is 13.8 Å². The van der Waals surface area contributed by atoms with Gasteiger partial charge in [-0.2, -0.15) is 0 Å². The summed E-state index contributed by atoms with van der Waals surface area (Å²) in [4.78, 5) is 11.9. The van der Waals surface area contributed by atoms with Gasteiger partial charge in [0.1, 0.15) is 49.3 Å². The van der Waals surface area contributed by atoms with Gasteiger partial charge in [-0.15, -0.1) is 0 Å². The molecular formula is C43H72O15. The molecule has 3 aliphatic heterocycles. The minimum atomic E-state index is -1.71. The number of hydrogen-bond donors (Lipinski definition) is 8. The van der Waals surface area contributed by atoms with Crippen molar-refractivity contribution in [3.63, 3.8) is 0 Å². The van der Waals surface area contributed by atoms with E-state index in [2.05, 4.69) is 27.7 Å². The molecule has 7 fully saturated rings. The van der Waals surface area contributed by atoms with Crippen LogP contribution in [0.3, 0.4) is 0 Å². The predicted molar refractivity (Wildman–Crippen MR) is 205 cm³/mol. The lowest BCUT2D eigenvalue weighted by atomic mass is 9.34. The minimum Gasteiger partial charge on any atom is -0.463 e. The van der Waals surface area contributed by atoms with Crippen LogP contribution in [-0.4, -0.2) is 151 Å². The summed E-state index contributed by atoms with van der Waals surface area (Å²) in [5.74, 6) is -0.933. The lowest BCUT2D eigenvalue weighted by Crippen LogP contribution is -2.71. The molecule has 0 bridgehead atoms. The Kier molecular flexibility index (Phi) is 11.9. The number of rotatable bonds is 8. The van der Waals surface area contributed by atoms with Gasteiger partial charge in [0.15, 0.2) is 12.6 Å². The first-order valence-electron chi connectivity index (χ1n) is 21.7. The average molecular weight is 829 g/mol. The van der Waals surface area contributed by atoms with Crippen molar-refractivity contribution in [1.82, 2.24) is 0 Å². The lowest BCUT2D eigenvalue weighted by molar-refractivity contribution is -0.377. The highest BCUT2D eigenvalue weighted by Gasteiger charge is 2.74. The molecule has 4 saturated carbocycles.